The summed E-state index contributed by atoms with van der Waals surface area (Å²) >= 11 is 0. The van der Waals surface area contributed by atoms with Crippen LogP contribution in [0.3, 0.4) is 0 Å². The van der Waals surface area contributed by atoms with Gasteiger partial charge in [-0.25, -0.2) is 0 Å². The second-order valence-electron chi connectivity index (χ2n) is 9.89. The first-order chi connectivity index (χ1) is 16.1. The van der Waals surface area contributed by atoms with Gasteiger partial charge in [0, 0.05) is 42.3 Å². The predicted octanol–water partition coefficient (Wildman–Crippen LogP) is 3.63. The van der Waals surface area contributed by atoms with Crippen LogP contribution in [0.5, 0.6) is 11.5 Å². The number of amidine groups is 1. The van der Waals surface area contributed by atoms with E-state index < -0.39 is 0 Å². The first-order valence-corrected chi connectivity index (χ1v) is 11.8. The summed E-state index contributed by atoms with van der Waals surface area (Å²) in [6.07, 6.45) is 0.983. The van der Waals surface area contributed by atoms with E-state index in [1.54, 1.807) is 11.9 Å². The number of ether oxygens (including phenoxy) is 2. The first kappa shape index (κ1) is 23.8. The van der Waals surface area contributed by atoms with Crippen molar-refractivity contribution < 1.29 is 19.1 Å². The minimum atomic E-state index is -0.141. The van der Waals surface area contributed by atoms with E-state index in [-0.39, 0.29) is 30.1 Å². The van der Waals surface area contributed by atoms with E-state index >= 15 is 0 Å². The summed E-state index contributed by atoms with van der Waals surface area (Å²) in [6, 6.07) is 7.66. The number of ketones is 1. The largest absolute Gasteiger partial charge is 0.494 e. The SMILES string of the molecule is CCOc1cc2c(cc1CC(=O)NC)C(=N)N(CC(=O)c1cc3c(c(C(C)(C)C)c1)OCC3)C2. The average molecular weight is 464 g/mol. The van der Waals surface area contributed by atoms with Crippen LogP contribution >= 0.6 is 0 Å². The highest BCUT2D eigenvalue weighted by Gasteiger charge is 2.30. The van der Waals surface area contributed by atoms with Gasteiger partial charge >= 0.3 is 0 Å². The molecule has 2 aliphatic rings. The molecule has 0 aliphatic carbocycles. The standard InChI is InChI=1S/C27H33N3O4/c1-6-33-23-12-19-14-30(26(28)20(19)10-18(23)13-24(32)29-5)15-22(31)17-9-16-7-8-34-25(16)21(11-17)27(2,3)4/h9-12,28H,6-8,13-15H2,1-5H3,(H,29,32). The molecule has 0 spiro atoms. The van der Waals surface area contributed by atoms with Gasteiger partial charge < -0.3 is 19.7 Å². The van der Waals surface area contributed by atoms with E-state index in [1.807, 2.05) is 31.2 Å². The molecule has 0 saturated carbocycles. The molecular weight excluding hydrogens is 430 g/mol. The summed E-state index contributed by atoms with van der Waals surface area (Å²) in [4.78, 5) is 27.1. The summed E-state index contributed by atoms with van der Waals surface area (Å²) in [6.45, 7) is 9.97. The molecule has 0 saturated heterocycles. The third kappa shape index (κ3) is 4.52. The lowest BCUT2D eigenvalue weighted by atomic mass is 9.83. The molecule has 0 fully saturated rings. The number of hydrogen-bond donors (Lipinski definition) is 2. The van der Waals surface area contributed by atoms with Gasteiger partial charge in [0.05, 0.1) is 26.2 Å². The van der Waals surface area contributed by atoms with E-state index in [1.165, 1.54) is 0 Å². The lowest BCUT2D eigenvalue weighted by Gasteiger charge is -2.23. The zero-order valence-electron chi connectivity index (χ0n) is 20.6. The maximum absolute atomic E-state index is 13.3. The maximum atomic E-state index is 13.3. The second kappa shape index (κ2) is 9.12. The van der Waals surface area contributed by atoms with Gasteiger partial charge in [0.15, 0.2) is 5.78 Å². The molecule has 2 aromatic carbocycles. The number of carbonyl (C=O) groups excluding carboxylic acids is 2. The van der Waals surface area contributed by atoms with Crippen LogP contribution in [0.4, 0.5) is 0 Å². The van der Waals surface area contributed by atoms with Crippen LogP contribution in [-0.4, -0.2) is 49.2 Å². The van der Waals surface area contributed by atoms with E-state index in [0.717, 1.165) is 40.0 Å². The van der Waals surface area contributed by atoms with Crippen LogP contribution in [0.15, 0.2) is 24.3 Å². The summed E-state index contributed by atoms with van der Waals surface area (Å²) < 4.78 is 11.6. The molecule has 0 bridgehead atoms. The summed E-state index contributed by atoms with van der Waals surface area (Å²) in [5, 5.41) is 11.4. The topological polar surface area (TPSA) is 91.7 Å². The van der Waals surface area contributed by atoms with E-state index in [0.29, 0.717) is 36.9 Å². The summed E-state index contributed by atoms with van der Waals surface area (Å²) in [5.74, 6) is 1.72. The van der Waals surface area contributed by atoms with Crippen LogP contribution < -0.4 is 14.8 Å². The fraction of sp³-hybridized carbons (Fsp3) is 0.444. The highest BCUT2D eigenvalue weighted by Crippen LogP contribution is 2.39. The van der Waals surface area contributed by atoms with Gasteiger partial charge in [0.1, 0.15) is 17.3 Å². The van der Waals surface area contributed by atoms with Gasteiger partial charge in [-0.15, -0.1) is 0 Å². The fourth-order valence-electron chi connectivity index (χ4n) is 4.59. The number of Topliss-reactive ketones (excluding diaryl/α,β-unsaturated/α-hetero) is 1. The predicted molar refractivity (Wildman–Crippen MR) is 131 cm³/mol. The minimum Gasteiger partial charge on any atom is -0.494 e. The average Bonchev–Trinajstić information content (AvgIpc) is 3.37. The fourth-order valence-corrected chi connectivity index (χ4v) is 4.59. The molecule has 1 amide bonds. The highest BCUT2D eigenvalue weighted by molar-refractivity contribution is 6.05. The van der Waals surface area contributed by atoms with Crippen molar-refractivity contribution in [2.24, 2.45) is 0 Å². The van der Waals surface area contributed by atoms with Gasteiger partial charge in [0.2, 0.25) is 5.91 Å². The van der Waals surface area contributed by atoms with Gasteiger partial charge in [-0.2, -0.15) is 0 Å². The number of carbonyl (C=O) groups is 2. The lowest BCUT2D eigenvalue weighted by molar-refractivity contribution is -0.119. The molecule has 0 unspecified atom stereocenters. The molecule has 2 N–H and O–H groups in total. The Labute approximate surface area is 200 Å². The van der Waals surface area contributed by atoms with E-state index in [4.69, 9.17) is 14.9 Å². The number of likely N-dealkylation sites (N-methyl/N-ethyl adjacent to an activating group) is 1. The highest BCUT2D eigenvalue weighted by atomic mass is 16.5. The third-order valence-electron chi connectivity index (χ3n) is 6.40. The molecule has 180 valence electrons. The van der Waals surface area contributed by atoms with Gasteiger partial charge in [-0.05, 0) is 47.7 Å². The number of benzene rings is 2. The van der Waals surface area contributed by atoms with Crippen molar-refractivity contribution in [3.05, 3.63) is 57.6 Å². The van der Waals surface area contributed by atoms with Gasteiger partial charge in [-0.3, -0.25) is 15.0 Å². The second-order valence-corrected chi connectivity index (χ2v) is 9.89. The molecule has 2 aromatic rings. The molecule has 0 atom stereocenters. The van der Waals surface area contributed by atoms with Crippen molar-refractivity contribution in [3.63, 3.8) is 0 Å². The molecule has 4 rings (SSSR count). The number of fused-ring (bicyclic) bond motifs is 2. The van der Waals surface area contributed by atoms with Crippen LogP contribution in [0, 0.1) is 5.41 Å². The molecule has 0 aromatic heterocycles. The molecule has 2 heterocycles. The van der Waals surface area contributed by atoms with E-state index in [2.05, 4.69) is 26.1 Å². The number of amides is 1. The molecule has 2 aliphatic heterocycles. The quantitative estimate of drug-likeness (QED) is 0.612. The van der Waals surface area contributed by atoms with Crippen molar-refractivity contribution in [2.45, 2.75) is 52.5 Å². The van der Waals surface area contributed by atoms with Gasteiger partial charge in [0.25, 0.3) is 0 Å². The Morgan fingerprint density at radius 2 is 1.94 bits per heavy atom. The first-order valence-electron chi connectivity index (χ1n) is 11.8. The summed E-state index contributed by atoms with van der Waals surface area (Å²) in [5.41, 5.74) is 5.06. The Morgan fingerprint density at radius 3 is 2.62 bits per heavy atom. The Hall–Kier alpha value is -3.35. The molecular formula is C27H33N3O4. The van der Waals surface area contributed by atoms with Crippen molar-refractivity contribution in [2.75, 3.05) is 26.8 Å². The third-order valence-corrected chi connectivity index (χ3v) is 6.40. The Balaban J connectivity index is 1.59. The van der Waals surface area contributed by atoms with Crippen molar-refractivity contribution in [1.29, 1.82) is 5.41 Å². The zero-order chi connectivity index (χ0) is 24.6. The van der Waals surface area contributed by atoms with Crippen molar-refractivity contribution in [1.82, 2.24) is 10.2 Å². The minimum absolute atomic E-state index is 0.0200. The Morgan fingerprint density at radius 1 is 1.18 bits per heavy atom. The molecule has 0 radical (unpaired) electrons. The Kier molecular flexibility index (Phi) is 6.39. The van der Waals surface area contributed by atoms with Crippen LogP contribution in [0.25, 0.3) is 0 Å². The van der Waals surface area contributed by atoms with Crippen LogP contribution in [-0.2, 0) is 29.6 Å². The number of nitrogens with one attached hydrogen (secondary N) is 2. The normalized spacial score (nSPS) is 14.5. The number of nitrogens with zero attached hydrogens (tertiary/aromatic N) is 1. The molecule has 7 nitrogen and oxygen atoms in total. The Bertz CT molecular complexity index is 1160. The molecule has 7 heteroatoms. The molecule has 34 heavy (non-hydrogen) atoms. The monoisotopic (exact) mass is 463 g/mol. The zero-order valence-corrected chi connectivity index (χ0v) is 20.6. The van der Waals surface area contributed by atoms with Gasteiger partial charge in [-0.1, -0.05) is 20.8 Å². The lowest BCUT2D eigenvalue weighted by Crippen LogP contribution is -2.30. The number of rotatable bonds is 7. The summed E-state index contributed by atoms with van der Waals surface area (Å²) in [7, 11) is 1.60. The smallest absolute Gasteiger partial charge is 0.224 e. The van der Waals surface area contributed by atoms with E-state index in [9.17, 15) is 9.59 Å². The van der Waals surface area contributed by atoms with Crippen molar-refractivity contribution >= 4 is 17.5 Å². The van der Waals surface area contributed by atoms with Crippen LogP contribution in [0.1, 0.15) is 65.9 Å². The maximum Gasteiger partial charge on any atom is 0.224 e. The van der Waals surface area contributed by atoms with Crippen LogP contribution in [0.2, 0.25) is 0 Å². The number of hydrogen-bond acceptors (Lipinski definition) is 5. The van der Waals surface area contributed by atoms with Crippen molar-refractivity contribution in [3.8, 4) is 11.5 Å².